The minimum atomic E-state index is -3.71. The first-order valence-corrected chi connectivity index (χ1v) is 10.6. The van der Waals surface area contributed by atoms with Crippen molar-refractivity contribution in [2.24, 2.45) is 5.92 Å². The Bertz CT molecular complexity index is 796. The van der Waals surface area contributed by atoms with Gasteiger partial charge in [0.05, 0.1) is 15.9 Å². The van der Waals surface area contributed by atoms with E-state index in [4.69, 9.17) is 0 Å². The van der Waals surface area contributed by atoms with Gasteiger partial charge in [-0.15, -0.1) is 12.4 Å². The molecule has 9 nitrogen and oxygen atoms in total. The molecular formula is C17H25ClN4O5S. The normalized spacial score (nSPS) is 23.0. The molecule has 2 aliphatic rings. The number of nitrogens with zero attached hydrogens (tertiary/aromatic N) is 2. The molecule has 2 saturated heterocycles. The number of rotatable bonds is 6. The predicted octanol–water partition coefficient (Wildman–Crippen LogP) is 1.29. The van der Waals surface area contributed by atoms with Gasteiger partial charge in [-0.25, -0.2) is 8.42 Å². The molecule has 28 heavy (non-hydrogen) atoms. The van der Waals surface area contributed by atoms with Crippen LogP contribution >= 0.6 is 12.4 Å². The number of halogens is 1. The molecule has 156 valence electrons. The highest BCUT2D eigenvalue weighted by Crippen LogP contribution is 2.25. The van der Waals surface area contributed by atoms with Crippen LogP contribution in [0.3, 0.4) is 0 Å². The van der Waals surface area contributed by atoms with E-state index >= 15 is 0 Å². The Morgan fingerprint density at radius 1 is 1.25 bits per heavy atom. The Kier molecular flexibility index (Phi) is 7.76. The van der Waals surface area contributed by atoms with E-state index < -0.39 is 14.9 Å². The molecule has 2 aliphatic heterocycles. The standard InChI is InChI=1S/C17H24N4O5S.ClH/c22-17(16-4-1-9-18-16)19-11-13-3-2-10-20(12-13)27(25,26)15-7-5-14(6-8-15)21(23)24;/h5-8,13,16,18H,1-4,9-12H2,(H,19,22);1H. The Balaban J connectivity index is 0.00000280. The van der Waals surface area contributed by atoms with Crippen molar-refractivity contribution in [2.75, 3.05) is 26.2 Å². The van der Waals surface area contributed by atoms with Gasteiger partial charge in [0.15, 0.2) is 0 Å². The van der Waals surface area contributed by atoms with Crippen molar-refractivity contribution in [1.82, 2.24) is 14.9 Å². The van der Waals surface area contributed by atoms with Crippen molar-refractivity contribution in [3.63, 3.8) is 0 Å². The summed E-state index contributed by atoms with van der Waals surface area (Å²) in [6, 6.07) is 4.79. The van der Waals surface area contributed by atoms with Crippen LogP contribution in [0.2, 0.25) is 0 Å². The maximum Gasteiger partial charge on any atom is 0.269 e. The van der Waals surface area contributed by atoms with Crippen LogP contribution in [0, 0.1) is 16.0 Å². The molecule has 2 fully saturated rings. The van der Waals surface area contributed by atoms with Gasteiger partial charge in [0.25, 0.3) is 5.69 Å². The molecule has 2 unspecified atom stereocenters. The van der Waals surface area contributed by atoms with Gasteiger partial charge in [0, 0.05) is 31.8 Å². The lowest BCUT2D eigenvalue weighted by Gasteiger charge is -2.32. The van der Waals surface area contributed by atoms with Gasteiger partial charge in [-0.05, 0) is 50.3 Å². The molecule has 1 amide bonds. The van der Waals surface area contributed by atoms with Gasteiger partial charge < -0.3 is 10.6 Å². The predicted molar refractivity (Wildman–Crippen MR) is 106 cm³/mol. The van der Waals surface area contributed by atoms with E-state index in [9.17, 15) is 23.3 Å². The van der Waals surface area contributed by atoms with Gasteiger partial charge in [-0.3, -0.25) is 14.9 Å². The van der Waals surface area contributed by atoms with E-state index in [2.05, 4.69) is 10.6 Å². The highest BCUT2D eigenvalue weighted by molar-refractivity contribution is 7.89. The number of nitro groups is 1. The van der Waals surface area contributed by atoms with Crippen LogP contribution in [-0.4, -0.2) is 55.8 Å². The highest BCUT2D eigenvalue weighted by atomic mass is 35.5. The largest absolute Gasteiger partial charge is 0.354 e. The summed E-state index contributed by atoms with van der Waals surface area (Å²) < 4.78 is 27.0. The van der Waals surface area contributed by atoms with Crippen LogP contribution in [-0.2, 0) is 14.8 Å². The molecule has 2 N–H and O–H groups in total. The SMILES string of the molecule is Cl.O=C(NCC1CCCN(S(=O)(=O)c2ccc([N+](=O)[O-])cc2)C1)C1CCCN1. The summed E-state index contributed by atoms with van der Waals surface area (Å²) in [7, 11) is -3.71. The second kappa shape index (κ2) is 9.64. The van der Waals surface area contributed by atoms with Crippen LogP contribution < -0.4 is 10.6 Å². The maximum absolute atomic E-state index is 12.8. The third-order valence-electron chi connectivity index (χ3n) is 5.11. The van der Waals surface area contributed by atoms with Crippen LogP contribution in [0.1, 0.15) is 25.7 Å². The maximum atomic E-state index is 12.8. The molecule has 1 aromatic carbocycles. The number of hydrogen-bond acceptors (Lipinski definition) is 6. The monoisotopic (exact) mass is 432 g/mol. The van der Waals surface area contributed by atoms with Crippen LogP contribution in [0.5, 0.6) is 0 Å². The fourth-order valence-electron chi connectivity index (χ4n) is 3.58. The molecule has 1 aromatic rings. The molecule has 3 rings (SSSR count). The Morgan fingerprint density at radius 2 is 1.96 bits per heavy atom. The van der Waals surface area contributed by atoms with Crippen molar-refractivity contribution in [3.05, 3.63) is 34.4 Å². The van der Waals surface area contributed by atoms with Crippen LogP contribution in [0.4, 0.5) is 5.69 Å². The van der Waals surface area contributed by atoms with Crippen molar-refractivity contribution in [3.8, 4) is 0 Å². The second-order valence-electron chi connectivity index (χ2n) is 7.02. The lowest BCUT2D eigenvalue weighted by atomic mass is 9.99. The van der Waals surface area contributed by atoms with Crippen molar-refractivity contribution in [1.29, 1.82) is 0 Å². The summed E-state index contributed by atoms with van der Waals surface area (Å²) in [6.45, 7) is 2.04. The lowest BCUT2D eigenvalue weighted by molar-refractivity contribution is -0.384. The van der Waals surface area contributed by atoms with Crippen LogP contribution in [0.15, 0.2) is 29.2 Å². The lowest BCUT2D eigenvalue weighted by Crippen LogP contribution is -2.46. The van der Waals surface area contributed by atoms with Gasteiger partial charge in [0.2, 0.25) is 15.9 Å². The van der Waals surface area contributed by atoms with E-state index in [-0.39, 0.29) is 40.9 Å². The summed E-state index contributed by atoms with van der Waals surface area (Å²) in [5.41, 5.74) is -0.145. The molecule has 2 atom stereocenters. The average Bonchev–Trinajstić information content (AvgIpc) is 3.21. The number of nitrogens with one attached hydrogen (secondary N) is 2. The first-order valence-electron chi connectivity index (χ1n) is 9.13. The number of nitro benzene ring substituents is 1. The molecule has 0 bridgehead atoms. The Labute approximate surface area is 170 Å². The molecule has 0 radical (unpaired) electrons. The zero-order valence-electron chi connectivity index (χ0n) is 15.4. The Hall–Kier alpha value is -1.75. The zero-order chi connectivity index (χ0) is 19.4. The molecular weight excluding hydrogens is 408 g/mol. The van der Waals surface area contributed by atoms with E-state index in [0.717, 1.165) is 25.8 Å². The molecule has 0 aromatic heterocycles. The third kappa shape index (κ3) is 5.19. The van der Waals surface area contributed by atoms with E-state index in [1.807, 2.05) is 0 Å². The Morgan fingerprint density at radius 3 is 2.57 bits per heavy atom. The quantitative estimate of drug-likeness (QED) is 0.516. The van der Waals surface area contributed by atoms with Gasteiger partial charge >= 0.3 is 0 Å². The van der Waals surface area contributed by atoms with Gasteiger partial charge in [-0.2, -0.15) is 4.31 Å². The minimum Gasteiger partial charge on any atom is -0.354 e. The highest BCUT2D eigenvalue weighted by Gasteiger charge is 2.31. The summed E-state index contributed by atoms with van der Waals surface area (Å²) in [4.78, 5) is 22.3. The zero-order valence-corrected chi connectivity index (χ0v) is 17.0. The minimum absolute atomic E-state index is 0. The number of piperidine rings is 1. The topological polar surface area (TPSA) is 122 Å². The van der Waals surface area contributed by atoms with Gasteiger partial charge in [0.1, 0.15) is 0 Å². The number of carbonyl (C=O) groups excluding carboxylic acids is 1. The van der Waals surface area contributed by atoms with Crippen molar-refractivity contribution in [2.45, 2.75) is 36.6 Å². The number of carbonyl (C=O) groups is 1. The smallest absolute Gasteiger partial charge is 0.269 e. The number of hydrogen-bond donors (Lipinski definition) is 2. The molecule has 0 aliphatic carbocycles. The van der Waals surface area contributed by atoms with E-state index in [1.165, 1.54) is 28.6 Å². The molecule has 11 heteroatoms. The average molecular weight is 433 g/mol. The van der Waals surface area contributed by atoms with Crippen LogP contribution in [0.25, 0.3) is 0 Å². The van der Waals surface area contributed by atoms with Crippen molar-refractivity contribution < 1.29 is 18.1 Å². The van der Waals surface area contributed by atoms with Gasteiger partial charge in [-0.1, -0.05) is 0 Å². The fraction of sp³-hybridized carbons (Fsp3) is 0.588. The van der Waals surface area contributed by atoms with E-state index in [1.54, 1.807) is 0 Å². The second-order valence-corrected chi connectivity index (χ2v) is 8.95. The fourth-order valence-corrected chi connectivity index (χ4v) is 5.13. The summed E-state index contributed by atoms with van der Waals surface area (Å²) >= 11 is 0. The first kappa shape index (κ1) is 22.5. The van der Waals surface area contributed by atoms with E-state index in [0.29, 0.717) is 26.1 Å². The first-order chi connectivity index (χ1) is 12.9. The summed E-state index contributed by atoms with van der Waals surface area (Å²) in [5, 5.41) is 16.8. The molecule has 0 saturated carbocycles. The number of sulfonamides is 1. The number of amides is 1. The van der Waals surface area contributed by atoms with Crippen molar-refractivity contribution >= 4 is 34.0 Å². The summed E-state index contributed by atoms with van der Waals surface area (Å²) in [6.07, 6.45) is 3.39. The number of non-ortho nitro benzene ring substituents is 1. The molecule has 2 heterocycles. The number of benzene rings is 1. The summed E-state index contributed by atoms with van der Waals surface area (Å²) in [5.74, 6) is 0.0276. The third-order valence-corrected chi connectivity index (χ3v) is 6.99. The molecule has 0 spiro atoms.